The Balaban J connectivity index is 1.46. The van der Waals surface area contributed by atoms with Gasteiger partial charge in [0.05, 0.1) is 0 Å². The predicted octanol–water partition coefficient (Wildman–Crippen LogP) is 4.52. The zero-order valence-electron chi connectivity index (χ0n) is 21.7. The number of fused-ring (bicyclic) bond motifs is 1. The van der Waals surface area contributed by atoms with Gasteiger partial charge in [-0.05, 0) is 69.6 Å². The highest BCUT2D eigenvalue weighted by atomic mass is 16.7. The molecule has 3 aliphatic carbocycles. The third-order valence-corrected chi connectivity index (χ3v) is 9.17. The van der Waals surface area contributed by atoms with Crippen molar-refractivity contribution in [2.45, 2.75) is 102 Å². The molecule has 4 aliphatic rings. The lowest BCUT2D eigenvalue weighted by atomic mass is 9.78. The van der Waals surface area contributed by atoms with Crippen LogP contribution in [0.3, 0.4) is 0 Å². The van der Waals surface area contributed by atoms with E-state index in [0.717, 1.165) is 48.9 Å². The van der Waals surface area contributed by atoms with Crippen LogP contribution in [0.2, 0.25) is 0 Å². The lowest BCUT2D eigenvalue weighted by molar-refractivity contribution is -0.0870. The van der Waals surface area contributed by atoms with E-state index in [1.165, 1.54) is 44.9 Å². The first-order chi connectivity index (χ1) is 17.5. The van der Waals surface area contributed by atoms with Gasteiger partial charge in [-0.2, -0.15) is 0 Å². The number of hydroxylamine groups is 1. The Labute approximate surface area is 212 Å². The summed E-state index contributed by atoms with van der Waals surface area (Å²) in [5.41, 5.74) is 3.92. The van der Waals surface area contributed by atoms with Crippen LogP contribution in [-0.2, 0) is 21.7 Å². The largest absolute Gasteiger partial charge is 0.427 e. The van der Waals surface area contributed by atoms with E-state index in [1.807, 2.05) is 0 Å². The van der Waals surface area contributed by atoms with Crippen molar-refractivity contribution < 1.29 is 14.4 Å². The van der Waals surface area contributed by atoms with E-state index in [1.54, 1.807) is 7.11 Å². The number of rotatable bonds is 8. The molecule has 1 amide bonds. The fourth-order valence-electron chi connectivity index (χ4n) is 6.27. The molecule has 1 unspecified atom stereocenters. The molecule has 0 radical (unpaired) electrons. The summed E-state index contributed by atoms with van der Waals surface area (Å²) < 4.78 is 8.50. The average molecular weight is 498 g/mol. The third-order valence-electron chi connectivity index (χ3n) is 9.17. The topological polar surface area (TPSA) is 115 Å². The fraction of sp³-hybridized carbons (Fsp3) is 0.769. The molecular formula is C26H39N7O3. The summed E-state index contributed by atoms with van der Waals surface area (Å²) in [6, 6.07) is 0.287. The quantitative estimate of drug-likeness (QED) is 0.488. The molecule has 0 aromatic carbocycles. The highest BCUT2D eigenvalue weighted by Gasteiger charge is 2.44. The number of aromatic nitrogens is 4. The first kappa shape index (κ1) is 23.9. The number of ether oxygens (including phenoxy) is 1. The normalized spacial score (nSPS) is 28.8. The fourth-order valence-corrected chi connectivity index (χ4v) is 6.27. The van der Waals surface area contributed by atoms with Crippen LogP contribution in [0.4, 0.5) is 10.6 Å². The van der Waals surface area contributed by atoms with Crippen molar-refractivity contribution in [3.63, 3.8) is 0 Å². The molecule has 0 bridgehead atoms. The number of nitrogens with one attached hydrogen (secondary N) is 3. The van der Waals surface area contributed by atoms with Gasteiger partial charge in [0.15, 0.2) is 23.5 Å². The number of nitrogens with zero attached hydrogens (tertiary/aromatic N) is 4. The Hall–Kier alpha value is -2.46. The zero-order chi connectivity index (χ0) is 24.9. The molecule has 1 saturated heterocycles. The molecular weight excluding hydrogens is 458 g/mol. The van der Waals surface area contributed by atoms with Gasteiger partial charge in [-0.3, -0.25) is 5.32 Å². The van der Waals surface area contributed by atoms with Gasteiger partial charge in [0.25, 0.3) is 0 Å². The molecule has 10 heteroatoms. The van der Waals surface area contributed by atoms with Crippen LogP contribution in [0.5, 0.6) is 0 Å². The van der Waals surface area contributed by atoms with Crippen LogP contribution in [0, 0.1) is 17.8 Å². The monoisotopic (exact) mass is 497 g/mol. The minimum Gasteiger partial charge on any atom is -0.370 e. The van der Waals surface area contributed by atoms with E-state index in [0.29, 0.717) is 23.3 Å². The molecule has 0 spiro atoms. The zero-order valence-corrected chi connectivity index (χ0v) is 21.7. The van der Waals surface area contributed by atoms with Gasteiger partial charge in [0, 0.05) is 19.7 Å². The van der Waals surface area contributed by atoms with Crippen LogP contribution < -0.4 is 16.1 Å². The molecule has 2 atom stereocenters. The van der Waals surface area contributed by atoms with Gasteiger partial charge in [0.2, 0.25) is 0 Å². The lowest BCUT2D eigenvalue weighted by Crippen LogP contribution is -2.39. The number of methoxy groups -OCH3 is 1. The van der Waals surface area contributed by atoms with Gasteiger partial charge >= 0.3 is 6.09 Å². The molecule has 3 saturated carbocycles. The first-order valence-corrected chi connectivity index (χ1v) is 13.8. The summed E-state index contributed by atoms with van der Waals surface area (Å²) in [7, 11) is 1.80. The number of hydrogen-bond acceptors (Lipinski definition) is 8. The Morgan fingerprint density at radius 3 is 2.50 bits per heavy atom. The van der Waals surface area contributed by atoms with E-state index in [9.17, 15) is 4.79 Å². The van der Waals surface area contributed by atoms with Crippen LogP contribution in [-0.4, -0.2) is 38.8 Å². The molecule has 6 rings (SSSR count). The Morgan fingerprint density at radius 2 is 1.92 bits per heavy atom. The molecule has 3 heterocycles. The molecule has 196 valence electrons. The van der Waals surface area contributed by atoms with Gasteiger partial charge < -0.3 is 19.5 Å². The predicted molar refractivity (Wildman–Crippen MR) is 135 cm³/mol. The average Bonchev–Trinajstić information content (AvgIpc) is 3.38. The second kappa shape index (κ2) is 9.45. The van der Waals surface area contributed by atoms with Gasteiger partial charge in [0.1, 0.15) is 16.9 Å². The number of hydrogen-bond donors (Lipinski definition) is 3. The summed E-state index contributed by atoms with van der Waals surface area (Å²) in [6.07, 6.45) is 10.7. The second-order valence-electron chi connectivity index (χ2n) is 11.5. The van der Waals surface area contributed by atoms with Crippen LogP contribution in [0.1, 0.15) is 95.9 Å². The van der Waals surface area contributed by atoms with Gasteiger partial charge in [-0.15, -0.1) is 5.48 Å². The molecule has 4 fully saturated rings. The van der Waals surface area contributed by atoms with Gasteiger partial charge in [-0.1, -0.05) is 26.2 Å². The molecule has 2 aromatic heterocycles. The number of amides is 1. The second-order valence-corrected chi connectivity index (χ2v) is 11.5. The first-order valence-electron chi connectivity index (χ1n) is 13.8. The van der Waals surface area contributed by atoms with Crippen molar-refractivity contribution in [2.75, 3.05) is 12.4 Å². The minimum atomic E-state index is -0.616. The number of carbonyl (C=O) groups excluding carboxylic acids is 1. The molecule has 36 heavy (non-hydrogen) atoms. The summed E-state index contributed by atoms with van der Waals surface area (Å²) >= 11 is 0. The maximum atomic E-state index is 11.7. The number of anilines is 1. The van der Waals surface area contributed by atoms with Crippen molar-refractivity contribution in [1.82, 2.24) is 30.3 Å². The Morgan fingerprint density at radius 1 is 1.14 bits per heavy atom. The van der Waals surface area contributed by atoms with Crippen LogP contribution in [0.25, 0.3) is 11.2 Å². The Bertz CT molecular complexity index is 1110. The van der Waals surface area contributed by atoms with Crippen LogP contribution >= 0.6 is 0 Å². The highest BCUT2D eigenvalue weighted by Crippen LogP contribution is 2.46. The van der Waals surface area contributed by atoms with Crippen molar-refractivity contribution in [3.05, 3.63) is 11.6 Å². The minimum absolute atomic E-state index is 0.287. The standard InChI is InChI=1S/C26H39N7O3/c1-15-8-10-17(11-9-15)14-33-19-20(27-16(2)18-6-4-7-18)28-22(23-31-25(34)36-32-23)29-21(19)30-24(33)26(35-3)12-5-13-26/h15-18,23,32H,4-14H2,1-3H3,(H,31,34)(H,27,28,29)/t15?,16-,17?,23?/m1/s1. The smallest absolute Gasteiger partial charge is 0.370 e. The summed E-state index contributed by atoms with van der Waals surface area (Å²) in [5.74, 6) is 4.24. The lowest BCUT2D eigenvalue weighted by Gasteiger charge is -2.40. The van der Waals surface area contributed by atoms with Crippen molar-refractivity contribution in [3.8, 4) is 0 Å². The van der Waals surface area contributed by atoms with E-state index in [4.69, 9.17) is 24.5 Å². The summed E-state index contributed by atoms with van der Waals surface area (Å²) in [5, 5.41) is 6.46. The number of carbonyl (C=O) groups is 1. The van der Waals surface area contributed by atoms with Gasteiger partial charge in [-0.25, -0.2) is 19.7 Å². The number of imidazole rings is 1. The van der Waals surface area contributed by atoms with Crippen molar-refractivity contribution in [2.24, 2.45) is 17.8 Å². The molecule has 2 aromatic rings. The van der Waals surface area contributed by atoms with E-state index >= 15 is 0 Å². The third kappa shape index (κ3) is 4.22. The van der Waals surface area contributed by atoms with E-state index in [2.05, 4.69) is 34.5 Å². The Kier molecular flexibility index (Phi) is 6.27. The molecule has 3 N–H and O–H groups in total. The van der Waals surface area contributed by atoms with E-state index in [-0.39, 0.29) is 11.6 Å². The maximum Gasteiger partial charge on any atom is 0.427 e. The van der Waals surface area contributed by atoms with E-state index < -0.39 is 12.3 Å². The van der Waals surface area contributed by atoms with Crippen molar-refractivity contribution >= 4 is 23.1 Å². The molecule has 1 aliphatic heterocycles. The summed E-state index contributed by atoms with van der Waals surface area (Å²) in [4.78, 5) is 31.5. The summed E-state index contributed by atoms with van der Waals surface area (Å²) in [6.45, 7) is 5.50. The van der Waals surface area contributed by atoms with Crippen LogP contribution in [0.15, 0.2) is 0 Å². The van der Waals surface area contributed by atoms with Crippen molar-refractivity contribution in [1.29, 1.82) is 0 Å². The molecule has 10 nitrogen and oxygen atoms in total. The highest BCUT2D eigenvalue weighted by molar-refractivity contribution is 5.84. The maximum absolute atomic E-state index is 11.7. The SMILES string of the molecule is COC1(c2nc3nc(C4NOC(=O)N4)nc(N[C@H](C)C4CCC4)c3n2CC2CCC(C)CC2)CCC1.